The van der Waals surface area contributed by atoms with Crippen molar-refractivity contribution in [1.82, 2.24) is 15.2 Å². The maximum atomic E-state index is 13.4. The van der Waals surface area contributed by atoms with Crippen LogP contribution in [0.15, 0.2) is 72.1 Å². The van der Waals surface area contributed by atoms with Crippen molar-refractivity contribution in [2.75, 3.05) is 4.90 Å². The number of benzene rings is 3. The van der Waals surface area contributed by atoms with E-state index in [9.17, 15) is 14.4 Å². The Kier molecular flexibility index (Phi) is 5.61. The summed E-state index contributed by atoms with van der Waals surface area (Å²) in [5.74, 6) is -0.509. The van der Waals surface area contributed by atoms with Crippen molar-refractivity contribution in [3.05, 3.63) is 88.9 Å². The number of hydrogen-bond acceptors (Lipinski definition) is 5. The number of nitrogens with one attached hydrogen (secondary N) is 1. The largest absolute Gasteiger partial charge is 0.325 e. The molecule has 8 heteroatoms. The quantitative estimate of drug-likeness (QED) is 0.392. The first-order valence-corrected chi connectivity index (χ1v) is 12.1. The van der Waals surface area contributed by atoms with Gasteiger partial charge in [-0.2, -0.15) is 0 Å². The molecule has 7 nitrogen and oxygen atoms in total. The highest BCUT2D eigenvalue weighted by Crippen LogP contribution is 2.33. The topological polar surface area (TPSA) is 82.6 Å². The second-order valence-electron chi connectivity index (χ2n) is 8.82. The first kappa shape index (κ1) is 22.7. The van der Waals surface area contributed by atoms with Crippen molar-refractivity contribution >= 4 is 50.8 Å². The van der Waals surface area contributed by atoms with Crippen LogP contribution in [0, 0.1) is 6.92 Å². The molecule has 1 atom stereocenters. The average molecular weight is 485 g/mol. The first-order valence-electron chi connectivity index (χ1n) is 11.2. The number of nitrogens with zero attached hydrogens (tertiary/aromatic N) is 3. The van der Waals surface area contributed by atoms with Crippen molar-refractivity contribution in [3.63, 3.8) is 0 Å². The van der Waals surface area contributed by atoms with Crippen LogP contribution in [-0.2, 0) is 21.7 Å². The molecule has 0 bridgehead atoms. The van der Waals surface area contributed by atoms with E-state index in [-0.39, 0.29) is 18.4 Å². The van der Waals surface area contributed by atoms with Crippen LogP contribution in [0.3, 0.4) is 0 Å². The van der Waals surface area contributed by atoms with Crippen molar-refractivity contribution in [2.45, 2.75) is 32.9 Å². The van der Waals surface area contributed by atoms with Crippen molar-refractivity contribution < 1.29 is 14.4 Å². The normalized spacial score (nSPS) is 17.6. The van der Waals surface area contributed by atoms with Crippen LogP contribution in [-0.4, -0.2) is 27.7 Å². The molecule has 4 aromatic rings. The lowest BCUT2D eigenvalue weighted by atomic mass is 9.90. The molecule has 1 N–H and O–H groups in total. The zero-order chi connectivity index (χ0) is 24.7. The maximum absolute atomic E-state index is 13.4. The molecule has 0 radical (unpaired) electrons. The van der Waals surface area contributed by atoms with Gasteiger partial charge in [-0.15, -0.1) is 11.3 Å². The van der Waals surface area contributed by atoms with Gasteiger partial charge in [0.25, 0.3) is 5.91 Å². The zero-order valence-electron chi connectivity index (χ0n) is 19.6. The third-order valence-corrected chi connectivity index (χ3v) is 7.10. The van der Waals surface area contributed by atoms with E-state index in [1.807, 2.05) is 73.7 Å². The molecule has 1 aromatic heterocycles. The van der Waals surface area contributed by atoms with E-state index in [1.165, 1.54) is 28.1 Å². The molecule has 0 saturated carbocycles. The Morgan fingerprint density at radius 3 is 2.57 bits per heavy atom. The minimum absolute atomic E-state index is 0.0178. The Labute approximate surface area is 207 Å². The molecule has 4 amide bonds. The highest BCUT2D eigenvalue weighted by molar-refractivity contribution is 7.14. The number of carbonyl (C=O) groups excluding carboxylic acids is 3. The van der Waals surface area contributed by atoms with E-state index in [2.05, 4.69) is 10.3 Å². The number of aryl methyl sites for hydroxylation is 1. The van der Waals surface area contributed by atoms with Crippen molar-refractivity contribution in [2.24, 2.45) is 0 Å². The third kappa shape index (κ3) is 4.06. The number of rotatable bonds is 5. The summed E-state index contributed by atoms with van der Waals surface area (Å²) in [4.78, 5) is 46.0. The smallest absolute Gasteiger partial charge is 0.319 e. The molecule has 1 aliphatic rings. The molecule has 35 heavy (non-hydrogen) atoms. The van der Waals surface area contributed by atoms with Crippen LogP contribution in [0.25, 0.3) is 10.8 Å². The van der Waals surface area contributed by atoms with Crippen LogP contribution in [0.2, 0.25) is 0 Å². The number of imide groups is 1. The predicted octanol–water partition coefficient (Wildman–Crippen LogP) is 5.26. The molecular formula is C27H24N4O3S. The molecule has 3 aromatic carbocycles. The van der Waals surface area contributed by atoms with Gasteiger partial charge in [0.05, 0.1) is 17.9 Å². The van der Waals surface area contributed by atoms with Gasteiger partial charge in [-0.05, 0) is 53.9 Å². The predicted molar refractivity (Wildman–Crippen MR) is 136 cm³/mol. The van der Waals surface area contributed by atoms with Gasteiger partial charge in [0, 0.05) is 12.3 Å². The van der Waals surface area contributed by atoms with Gasteiger partial charge < -0.3 is 5.32 Å². The monoisotopic (exact) mass is 484 g/mol. The van der Waals surface area contributed by atoms with E-state index < -0.39 is 11.6 Å². The molecule has 1 fully saturated rings. The summed E-state index contributed by atoms with van der Waals surface area (Å²) in [6.07, 6.45) is 0. The molecule has 176 valence electrons. The second kappa shape index (κ2) is 8.63. The maximum Gasteiger partial charge on any atom is 0.325 e. The van der Waals surface area contributed by atoms with Gasteiger partial charge in [0.2, 0.25) is 5.91 Å². The number of aromatic nitrogens is 1. The third-order valence-electron chi connectivity index (χ3n) is 6.23. The average Bonchev–Trinajstić information content (AvgIpc) is 3.37. The van der Waals surface area contributed by atoms with Crippen LogP contribution in [0.1, 0.15) is 30.7 Å². The molecule has 0 aliphatic carbocycles. The van der Waals surface area contributed by atoms with E-state index in [0.29, 0.717) is 10.8 Å². The number of fused-ring (bicyclic) bond motifs is 1. The number of carbonyl (C=O) groups is 3. The standard InChI is InChI=1S/C27H24N4O3S/c1-17-7-6-10-23(13-17)31(18(2)32)26-28-22(16-35-26)15-30-24(33)27(3,29-25(30)34)21-12-11-19-8-4-5-9-20(19)14-21/h4-14,16H,15H2,1-3H3,(H,29,34). The fourth-order valence-corrected chi connectivity index (χ4v) is 5.24. The minimum Gasteiger partial charge on any atom is -0.319 e. The molecule has 1 aliphatic heterocycles. The summed E-state index contributed by atoms with van der Waals surface area (Å²) in [5, 5.41) is 7.18. The lowest BCUT2D eigenvalue weighted by molar-refractivity contribution is -0.131. The Bertz CT molecular complexity index is 1480. The Morgan fingerprint density at radius 1 is 1.06 bits per heavy atom. The SMILES string of the molecule is CC(=O)N(c1cccc(C)c1)c1nc(CN2C(=O)NC(C)(c3ccc4ccccc4c3)C2=O)cs1. The fraction of sp³-hybridized carbons (Fsp3) is 0.185. The van der Waals surface area contributed by atoms with Crippen LogP contribution >= 0.6 is 11.3 Å². The van der Waals surface area contributed by atoms with Gasteiger partial charge in [-0.1, -0.05) is 48.5 Å². The second-order valence-corrected chi connectivity index (χ2v) is 9.66. The Balaban J connectivity index is 1.40. The van der Waals surface area contributed by atoms with E-state index >= 15 is 0 Å². The Hall–Kier alpha value is -4.04. The summed E-state index contributed by atoms with van der Waals surface area (Å²) < 4.78 is 0. The number of urea groups is 1. The fourth-order valence-electron chi connectivity index (χ4n) is 4.36. The number of thiazole rings is 1. The van der Waals surface area contributed by atoms with E-state index in [0.717, 1.165) is 27.6 Å². The number of anilines is 2. The summed E-state index contributed by atoms with van der Waals surface area (Å²) in [6, 6.07) is 20.8. The number of amides is 4. The first-order chi connectivity index (χ1) is 16.8. The highest BCUT2D eigenvalue weighted by Gasteiger charge is 2.49. The van der Waals surface area contributed by atoms with Gasteiger partial charge in [0.1, 0.15) is 5.54 Å². The molecule has 2 heterocycles. The van der Waals surface area contributed by atoms with Crippen LogP contribution in [0.5, 0.6) is 0 Å². The van der Waals surface area contributed by atoms with E-state index in [4.69, 9.17) is 0 Å². The van der Waals surface area contributed by atoms with Gasteiger partial charge in [-0.3, -0.25) is 19.4 Å². The van der Waals surface area contributed by atoms with Crippen LogP contribution in [0.4, 0.5) is 15.6 Å². The summed E-state index contributed by atoms with van der Waals surface area (Å²) in [7, 11) is 0. The molecule has 0 spiro atoms. The highest BCUT2D eigenvalue weighted by atomic mass is 32.1. The van der Waals surface area contributed by atoms with Gasteiger partial charge >= 0.3 is 6.03 Å². The van der Waals surface area contributed by atoms with Gasteiger partial charge in [0.15, 0.2) is 5.13 Å². The van der Waals surface area contributed by atoms with Crippen molar-refractivity contribution in [3.8, 4) is 0 Å². The minimum atomic E-state index is -1.17. The van der Waals surface area contributed by atoms with Crippen molar-refractivity contribution in [1.29, 1.82) is 0 Å². The molecule has 5 rings (SSSR count). The van der Waals surface area contributed by atoms with Gasteiger partial charge in [-0.25, -0.2) is 9.78 Å². The van der Waals surface area contributed by atoms with Crippen LogP contribution < -0.4 is 10.2 Å². The molecule has 1 unspecified atom stereocenters. The summed E-state index contributed by atoms with van der Waals surface area (Å²) in [6.45, 7) is 5.18. The molecular weight excluding hydrogens is 460 g/mol. The lowest BCUT2D eigenvalue weighted by Crippen LogP contribution is -2.40. The zero-order valence-corrected chi connectivity index (χ0v) is 20.4. The Morgan fingerprint density at radius 2 is 1.83 bits per heavy atom. The number of hydrogen-bond donors (Lipinski definition) is 1. The molecule has 1 saturated heterocycles. The summed E-state index contributed by atoms with van der Waals surface area (Å²) in [5.41, 5.74) is 1.83. The summed E-state index contributed by atoms with van der Waals surface area (Å²) >= 11 is 1.29. The lowest BCUT2D eigenvalue weighted by Gasteiger charge is -2.22. The van der Waals surface area contributed by atoms with E-state index in [1.54, 1.807) is 12.3 Å².